The van der Waals surface area contributed by atoms with Crippen molar-refractivity contribution in [3.05, 3.63) is 35.4 Å². The van der Waals surface area contributed by atoms with Crippen LogP contribution in [0, 0.1) is 0 Å². The standard InChI is InChI=1S/C18H27F3N4O2S/c1-14(15-5-3-6-16(13-15)18(19,20)21)7-8-23-17(22-2)24-9-11-25-10-4-12-28(25,26)27/h3,5-6,13-14H,4,7-12H2,1-2H3,(H2,22,23,24). The predicted molar refractivity (Wildman–Crippen MR) is 104 cm³/mol. The third kappa shape index (κ3) is 6.37. The van der Waals surface area contributed by atoms with Gasteiger partial charge in [-0.3, -0.25) is 4.99 Å². The molecule has 1 saturated heterocycles. The molecule has 0 radical (unpaired) electrons. The maximum atomic E-state index is 12.8. The third-order valence-corrected chi connectivity index (χ3v) is 6.69. The molecule has 2 N–H and O–H groups in total. The number of nitrogens with one attached hydrogen (secondary N) is 2. The molecular formula is C18H27F3N4O2S. The Morgan fingerprint density at radius 3 is 2.61 bits per heavy atom. The van der Waals surface area contributed by atoms with Gasteiger partial charge in [-0.25, -0.2) is 12.7 Å². The number of aliphatic imine (C=N–C) groups is 1. The summed E-state index contributed by atoms with van der Waals surface area (Å²) in [6, 6.07) is 5.38. The highest BCUT2D eigenvalue weighted by atomic mass is 32.2. The van der Waals surface area contributed by atoms with E-state index in [4.69, 9.17) is 0 Å². The summed E-state index contributed by atoms with van der Waals surface area (Å²) in [7, 11) is -1.50. The molecule has 28 heavy (non-hydrogen) atoms. The van der Waals surface area contributed by atoms with Crippen LogP contribution in [-0.2, 0) is 16.2 Å². The first kappa shape index (κ1) is 22.5. The van der Waals surface area contributed by atoms with Gasteiger partial charge in [0.05, 0.1) is 11.3 Å². The fourth-order valence-electron chi connectivity index (χ4n) is 3.06. The van der Waals surface area contributed by atoms with Crippen molar-refractivity contribution in [3.8, 4) is 0 Å². The lowest BCUT2D eigenvalue weighted by Crippen LogP contribution is -2.42. The molecule has 1 aromatic rings. The van der Waals surface area contributed by atoms with Crippen molar-refractivity contribution in [2.45, 2.75) is 31.9 Å². The zero-order valence-electron chi connectivity index (χ0n) is 16.1. The summed E-state index contributed by atoms with van der Waals surface area (Å²) in [6.07, 6.45) is -3.06. The summed E-state index contributed by atoms with van der Waals surface area (Å²) in [5.41, 5.74) is -0.00189. The van der Waals surface area contributed by atoms with E-state index in [1.807, 2.05) is 6.92 Å². The molecule has 2 rings (SSSR count). The quantitative estimate of drug-likeness (QED) is 0.525. The van der Waals surface area contributed by atoms with Gasteiger partial charge < -0.3 is 10.6 Å². The molecular weight excluding hydrogens is 393 g/mol. The Morgan fingerprint density at radius 1 is 1.29 bits per heavy atom. The predicted octanol–water partition coefficient (Wildman–Crippen LogP) is 2.40. The van der Waals surface area contributed by atoms with Crippen molar-refractivity contribution in [1.82, 2.24) is 14.9 Å². The first-order valence-corrected chi connectivity index (χ1v) is 10.8. The average molecular weight is 421 g/mol. The number of rotatable bonds is 7. The van der Waals surface area contributed by atoms with Crippen molar-refractivity contribution in [3.63, 3.8) is 0 Å². The van der Waals surface area contributed by atoms with Gasteiger partial charge in [-0.1, -0.05) is 25.1 Å². The van der Waals surface area contributed by atoms with E-state index in [1.165, 1.54) is 16.4 Å². The Kier molecular flexibility index (Phi) is 7.70. The molecule has 1 fully saturated rings. The summed E-state index contributed by atoms with van der Waals surface area (Å²) < 4.78 is 63.5. The van der Waals surface area contributed by atoms with Crippen molar-refractivity contribution in [1.29, 1.82) is 0 Å². The fraction of sp³-hybridized carbons (Fsp3) is 0.611. The summed E-state index contributed by atoms with van der Waals surface area (Å²) >= 11 is 0. The van der Waals surface area contributed by atoms with E-state index in [0.29, 0.717) is 50.5 Å². The molecule has 158 valence electrons. The Hall–Kier alpha value is -1.81. The second-order valence-electron chi connectivity index (χ2n) is 6.81. The average Bonchev–Trinajstić information content (AvgIpc) is 2.98. The number of alkyl halides is 3. The molecule has 1 aromatic carbocycles. The molecule has 0 aromatic heterocycles. The SMILES string of the molecule is CN=C(NCCC(C)c1cccc(C(F)(F)F)c1)NCCN1CCCS1(=O)=O. The van der Waals surface area contributed by atoms with Crippen LogP contribution < -0.4 is 10.6 Å². The minimum atomic E-state index is -4.34. The van der Waals surface area contributed by atoms with E-state index < -0.39 is 21.8 Å². The maximum absolute atomic E-state index is 12.8. The van der Waals surface area contributed by atoms with Gasteiger partial charge in [-0.2, -0.15) is 13.2 Å². The van der Waals surface area contributed by atoms with Crippen LogP contribution >= 0.6 is 0 Å². The van der Waals surface area contributed by atoms with Gasteiger partial charge in [0, 0.05) is 33.2 Å². The van der Waals surface area contributed by atoms with Crippen LogP contribution in [0.3, 0.4) is 0 Å². The highest BCUT2D eigenvalue weighted by Crippen LogP contribution is 2.31. The van der Waals surface area contributed by atoms with Crippen LogP contribution in [0.1, 0.15) is 36.8 Å². The number of sulfonamides is 1. The minimum absolute atomic E-state index is 0.0531. The molecule has 0 bridgehead atoms. The van der Waals surface area contributed by atoms with E-state index >= 15 is 0 Å². The number of hydrogen-bond donors (Lipinski definition) is 2. The normalized spacial score (nSPS) is 18.8. The lowest BCUT2D eigenvalue weighted by molar-refractivity contribution is -0.137. The van der Waals surface area contributed by atoms with Gasteiger partial charge in [0.25, 0.3) is 0 Å². The van der Waals surface area contributed by atoms with Crippen LogP contribution in [0.25, 0.3) is 0 Å². The molecule has 1 aliphatic rings. The molecule has 0 amide bonds. The van der Waals surface area contributed by atoms with Gasteiger partial charge >= 0.3 is 6.18 Å². The van der Waals surface area contributed by atoms with Crippen LogP contribution in [0.15, 0.2) is 29.3 Å². The summed E-state index contributed by atoms with van der Waals surface area (Å²) in [6.45, 7) is 3.76. The molecule has 1 unspecified atom stereocenters. The summed E-state index contributed by atoms with van der Waals surface area (Å²) in [5.74, 6) is 0.684. The Morgan fingerprint density at radius 2 is 2.00 bits per heavy atom. The van der Waals surface area contributed by atoms with Crippen LogP contribution in [-0.4, -0.2) is 57.7 Å². The monoisotopic (exact) mass is 420 g/mol. The maximum Gasteiger partial charge on any atom is 0.416 e. The van der Waals surface area contributed by atoms with E-state index in [1.54, 1.807) is 13.1 Å². The van der Waals surface area contributed by atoms with E-state index in [2.05, 4.69) is 15.6 Å². The van der Waals surface area contributed by atoms with Crippen molar-refractivity contribution in [2.75, 3.05) is 39.0 Å². The van der Waals surface area contributed by atoms with E-state index in [-0.39, 0.29) is 11.7 Å². The number of guanidine groups is 1. The van der Waals surface area contributed by atoms with E-state index in [9.17, 15) is 21.6 Å². The largest absolute Gasteiger partial charge is 0.416 e. The number of hydrogen-bond acceptors (Lipinski definition) is 3. The number of benzene rings is 1. The smallest absolute Gasteiger partial charge is 0.356 e. The van der Waals surface area contributed by atoms with Crippen molar-refractivity contribution < 1.29 is 21.6 Å². The molecule has 1 aliphatic heterocycles. The number of halogens is 3. The first-order chi connectivity index (χ1) is 13.1. The van der Waals surface area contributed by atoms with E-state index in [0.717, 1.165) is 6.07 Å². The van der Waals surface area contributed by atoms with Crippen LogP contribution in [0.2, 0.25) is 0 Å². The topological polar surface area (TPSA) is 73.8 Å². The summed E-state index contributed by atoms with van der Waals surface area (Å²) in [5, 5.41) is 6.17. The van der Waals surface area contributed by atoms with Gasteiger partial charge in [0.2, 0.25) is 10.0 Å². The third-order valence-electron chi connectivity index (χ3n) is 4.73. The lowest BCUT2D eigenvalue weighted by atomic mass is 9.96. The highest BCUT2D eigenvalue weighted by molar-refractivity contribution is 7.89. The lowest BCUT2D eigenvalue weighted by Gasteiger charge is -2.18. The second kappa shape index (κ2) is 9.60. The van der Waals surface area contributed by atoms with Gasteiger partial charge in [0.15, 0.2) is 5.96 Å². The van der Waals surface area contributed by atoms with Gasteiger partial charge in [0.1, 0.15) is 0 Å². The molecule has 1 heterocycles. The molecule has 6 nitrogen and oxygen atoms in total. The first-order valence-electron chi connectivity index (χ1n) is 9.23. The van der Waals surface area contributed by atoms with Crippen LogP contribution in [0.5, 0.6) is 0 Å². The molecule has 0 aliphatic carbocycles. The minimum Gasteiger partial charge on any atom is -0.356 e. The van der Waals surface area contributed by atoms with Crippen molar-refractivity contribution >= 4 is 16.0 Å². The van der Waals surface area contributed by atoms with Crippen molar-refractivity contribution in [2.24, 2.45) is 4.99 Å². The Bertz CT molecular complexity index is 781. The number of nitrogens with zero attached hydrogens (tertiary/aromatic N) is 2. The zero-order chi connectivity index (χ0) is 20.8. The van der Waals surface area contributed by atoms with Gasteiger partial charge in [-0.05, 0) is 30.4 Å². The molecule has 1 atom stereocenters. The molecule has 0 spiro atoms. The zero-order valence-corrected chi connectivity index (χ0v) is 16.9. The molecule has 0 saturated carbocycles. The summed E-state index contributed by atoms with van der Waals surface area (Å²) in [4.78, 5) is 4.08. The fourth-order valence-corrected chi connectivity index (χ4v) is 4.59. The molecule has 10 heteroatoms. The Labute approximate surface area is 164 Å². The van der Waals surface area contributed by atoms with Gasteiger partial charge in [-0.15, -0.1) is 0 Å². The Balaban J connectivity index is 1.76. The van der Waals surface area contributed by atoms with Crippen LogP contribution in [0.4, 0.5) is 13.2 Å². The second-order valence-corrected chi connectivity index (χ2v) is 8.90. The highest BCUT2D eigenvalue weighted by Gasteiger charge is 2.30.